The van der Waals surface area contributed by atoms with Gasteiger partial charge >= 0.3 is 0 Å². The number of nitroso groups, excluding NO2 is 1. The molecule has 25 heavy (non-hydrogen) atoms. The number of hydrogen-bond donors (Lipinski definition) is 0. The Morgan fingerprint density at radius 3 is 2.00 bits per heavy atom. The number of fused-ring (bicyclic) bond motifs is 1. The molecule has 0 bridgehead atoms. The molecule has 0 N–H and O–H groups in total. The second-order valence-corrected chi connectivity index (χ2v) is 9.83. The minimum atomic E-state index is -0.442. The Bertz CT molecular complexity index is 806. The Morgan fingerprint density at radius 2 is 1.48 bits per heavy atom. The summed E-state index contributed by atoms with van der Waals surface area (Å²) in [7, 11) is 0. The van der Waals surface area contributed by atoms with Crippen LogP contribution in [-0.4, -0.2) is 0 Å². The van der Waals surface area contributed by atoms with Crippen molar-refractivity contribution in [2.75, 3.05) is 0 Å². The highest BCUT2D eigenvalue weighted by Gasteiger charge is 2.38. The van der Waals surface area contributed by atoms with Crippen molar-refractivity contribution in [2.45, 2.75) is 64.3 Å². The molecule has 0 saturated carbocycles. The fourth-order valence-corrected chi connectivity index (χ4v) is 4.34. The summed E-state index contributed by atoms with van der Waals surface area (Å²) >= 11 is 2.28. The molecule has 1 aliphatic rings. The molecule has 1 aliphatic carbocycles. The first-order valence-electron chi connectivity index (χ1n) is 8.89. The van der Waals surface area contributed by atoms with Gasteiger partial charge in [0.05, 0.1) is 0 Å². The molecule has 2 aromatic rings. The molecule has 0 fully saturated rings. The molecule has 2 nitrogen and oxygen atoms in total. The van der Waals surface area contributed by atoms with Crippen LogP contribution in [0, 0.1) is 15.4 Å². The molecule has 0 saturated heterocycles. The first-order valence-corrected chi connectivity index (χ1v) is 9.97. The Balaban J connectivity index is 2.17. The molecule has 0 spiro atoms. The van der Waals surface area contributed by atoms with Crippen molar-refractivity contribution in [1.82, 2.24) is 0 Å². The van der Waals surface area contributed by atoms with Crippen LogP contribution in [0.5, 0.6) is 0 Å². The topological polar surface area (TPSA) is 29.4 Å². The second-order valence-electron chi connectivity index (χ2n) is 8.58. The summed E-state index contributed by atoms with van der Waals surface area (Å²) in [6.45, 7) is 11.4. The number of hydrogen-bond acceptors (Lipinski definition) is 2. The van der Waals surface area contributed by atoms with Crippen LogP contribution < -0.4 is 0 Å². The predicted molar refractivity (Wildman–Crippen MR) is 113 cm³/mol. The van der Waals surface area contributed by atoms with Gasteiger partial charge in [0.2, 0.25) is 0 Å². The second kappa shape index (κ2) is 6.49. The van der Waals surface area contributed by atoms with E-state index in [0.29, 0.717) is 0 Å². The standard InChI is InChI=1S/C22H26INO/c1-14-12-18-19(22(4,5)11-10-21(18,2)3)13-17(14)20(24-25)15-6-8-16(23)9-7-15/h6-9,12-13,20H,10-11H2,1-5H3. The van der Waals surface area contributed by atoms with Crippen LogP contribution >= 0.6 is 22.6 Å². The van der Waals surface area contributed by atoms with Crippen LogP contribution in [0.25, 0.3) is 0 Å². The van der Waals surface area contributed by atoms with E-state index in [2.05, 4.69) is 74.5 Å². The number of nitrogens with zero attached hydrogens (tertiary/aromatic N) is 1. The van der Waals surface area contributed by atoms with E-state index in [1.165, 1.54) is 17.5 Å². The molecule has 3 heteroatoms. The van der Waals surface area contributed by atoms with Crippen LogP contribution in [0.1, 0.15) is 74.4 Å². The van der Waals surface area contributed by atoms with Gasteiger partial charge in [-0.15, -0.1) is 4.91 Å². The van der Waals surface area contributed by atoms with E-state index in [0.717, 1.165) is 26.7 Å². The number of benzene rings is 2. The van der Waals surface area contributed by atoms with Crippen LogP contribution in [-0.2, 0) is 10.8 Å². The zero-order valence-electron chi connectivity index (χ0n) is 15.7. The molecule has 2 aromatic carbocycles. The van der Waals surface area contributed by atoms with E-state index in [1.807, 2.05) is 24.3 Å². The largest absolute Gasteiger partial charge is 0.150 e. The van der Waals surface area contributed by atoms with Crippen molar-refractivity contribution >= 4 is 22.6 Å². The van der Waals surface area contributed by atoms with Gasteiger partial charge in [-0.3, -0.25) is 0 Å². The van der Waals surface area contributed by atoms with Gasteiger partial charge in [0.1, 0.15) is 6.04 Å². The number of halogens is 1. The monoisotopic (exact) mass is 447 g/mol. The van der Waals surface area contributed by atoms with Gasteiger partial charge in [0, 0.05) is 3.57 Å². The van der Waals surface area contributed by atoms with Gasteiger partial charge in [0.25, 0.3) is 0 Å². The van der Waals surface area contributed by atoms with E-state index >= 15 is 0 Å². The van der Waals surface area contributed by atoms with E-state index in [-0.39, 0.29) is 10.8 Å². The normalized spacial score (nSPS) is 19.1. The van der Waals surface area contributed by atoms with Gasteiger partial charge < -0.3 is 0 Å². The highest BCUT2D eigenvalue weighted by Crippen LogP contribution is 2.47. The maximum absolute atomic E-state index is 11.7. The zero-order chi connectivity index (χ0) is 18.4. The molecule has 0 heterocycles. The Labute approximate surface area is 164 Å². The lowest BCUT2D eigenvalue weighted by Gasteiger charge is -2.42. The minimum Gasteiger partial charge on any atom is -0.150 e. The molecule has 0 radical (unpaired) electrons. The van der Waals surface area contributed by atoms with Gasteiger partial charge in [-0.25, -0.2) is 0 Å². The summed E-state index contributed by atoms with van der Waals surface area (Å²) in [5.74, 6) is 0. The molecule has 3 rings (SSSR count). The lowest BCUT2D eigenvalue weighted by Crippen LogP contribution is -2.34. The van der Waals surface area contributed by atoms with Crippen LogP contribution in [0.3, 0.4) is 0 Å². The maximum atomic E-state index is 11.7. The molecular formula is C22H26INO. The lowest BCUT2D eigenvalue weighted by molar-refractivity contribution is 0.331. The third-order valence-corrected chi connectivity index (χ3v) is 6.54. The molecular weight excluding hydrogens is 421 g/mol. The fraction of sp³-hybridized carbons (Fsp3) is 0.455. The summed E-state index contributed by atoms with van der Waals surface area (Å²) < 4.78 is 1.16. The first-order chi connectivity index (χ1) is 11.7. The van der Waals surface area contributed by atoms with Crippen LogP contribution in [0.4, 0.5) is 0 Å². The third-order valence-electron chi connectivity index (χ3n) is 5.83. The molecule has 1 unspecified atom stereocenters. The van der Waals surface area contributed by atoms with Crippen molar-refractivity contribution in [3.05, 3.63) is 72.7 Å². The predicted octanol–water partition coefficient (Wildman–Crippen LogP) is 6.80. The number of aryl methyl sites for hydroxylation is 1. The Kier molecular flexibility index (Phi) is 4.82. The number of rotatable bonds is 3. The van der Waals surface area contributed by atoms with Gasteiger partial charge in [-0.2, -0.15) is 0 Å². The molecule has 132 valence electrons. The Hall–Kier alpha value is -1.23. The van der Waals surface area contributed by atoms with Crippen molar-refractivity contribution in [3.63, 3.8) is 0 Å². The van der Waals surface area contributed by atoms with Gasteiger partial charge in [0.15, 0.2) is 0 Å². The van der Waals surface area contributed by atoms with Crippen molar-refractivity contribution in [3.8, 4) is 0 Å². The van der Waals surface area contributed by atoms with E-state index in [1.54, 1.807) is 0 Å². The molecule has 0 aliphatic heterocycles. The van der Waals surface area contributed by atoms with Crippen molar-refractivity contribution < 1.29 is 0 Å². The quantitative estimate of drug-likeness (QED) is 0.376. The smallest absolute Gasteiger partial charge is 0.142 e. The first kappa shape index (κ1) is 18.6. The maximum Gasteiger partial charge on any atom is 0.142 e. The van der Waals surface area contributed by atoms with Gasteiger partial charge in [-0.1, -0.05) is 57.1 Å². The SMILES string of the molecule is Cc1cc2c(cc1C(N=O)c1ccc(I)cc1)C(C)(C)CCC2(C)C. The molecule has 0 amide bonds. The summed E-state index contributed by atoms with van der Waals surface area (Å²) in [5.41, 5.74) is 6.29. The van der Waals surface area contributed by atoms with E-state index in [4.69, 9.17) is 0 Å². The Morgan fingerprint density at radius 1 is 0.960 bits per heavy atom. The van der Waals surface area contributed by atoms with E-state index in [9.17, 15) is 4.91 Å². The average Bonchev–Trinajstić information content (AvgIpc) is 2.55. The lowest BCUT2D eigenvalue weighted by atomic mass is 9.62. The zero-order valence-corrected chi connectivity index (χ0v) is 17.8. The fourth-order valence-electron chi connectivity index (χ4n) is 3.98. The third kappa shape index (κ3) is 3.40. The summed E-state index contributed by atoms with van der Waals surface area (Å²) in [6, 6.07) is 12.2. The van der Waals surface area contributed by atoms with Gasteiger partial charge in [-0.05, 0) is 93.1 Å². The van der Waals surface area contributed by atoms with Crippen molar-refractivity contribution in [2.24, 2.45) is 5.18 Å². The summed E-state index contributed by atoms with van der Waals surface area (Å²) in [5, 5.41) is 3.50. The minimum absolute atomic E-state index is 0.132. The van der Waals surface area contributed by atoms with E-state index < -0.39 is 6.04 Å². The summed E-state index contributed by atoms with van der Waals surface area (Å²) in [4.78, 5) is 11.7. The molecule has 1 atom stereocenters. The molecule has 0 aromatic heterocycles. The average molecular weight is 447 g/mol. The van der Waals surface area contributed by atoms with Crippen LogP contribution in [0.15, 0.2) is 41.6 Å². The highest BCUT2D eigenvalue weighted by atomic mass is 127. The summed E-state index contributed by atoms with van der Waals surface area (Å²) in [6.07, 6.45) is 2.36. The van der Waals surface area contributed by atoms with Crippen molar-refractivity contribution in [1.29, 1.82) is 0 Å². The highest BCUT2D eigenvalue weighted by molar-refractivity contribution is 14.1. The van der Waals surface area contributed by atoms with Crippen LogP contribution in [0.2, 0.25) is 0 Å².